The molecule has 1 amide bonds. The second-order valence-electron chi connectivity index (χ2n) is 5.47. The summed E-state index contributed by atoms with van der Waals surface area (Å²) in [5.41, 5.74) is 2.17. The summed E-state index contributed by atoms with van der Waals surface area (Å²) in [6, 6.07) is 8.12. The predicted molar refractivity (Wildman–Crippen MR) is 79.4 cm³/mol. The fourth-order valence-electron chi connectivity index (χ4n) is 2.89. The molecule has 1 aromatic carbocycles. The maximum absolute atomic E-state index is 12.1. The van der Waals surface area contributed by atoms with Gasteiger partial charge in [0, 0.05) is 26.1 Å². The van der Waals surface area contributed by atoms with Crippen LogP contribution in [0.3, 0.4) is 0 Å². The number of likely N-dealkylation sites (tertiary alicyclic amines) is 1. The molecule has 20 heavy (non-hydrogen) atoms. The van der Waals surface area contributed by atoms with E-state index in [4.69, 9.17) is 0 Å². The first kappa shape index (κ1) is 13.2. The van der Waals surface area contributed by atoms with Crippen molar-refractivity contribution in [2.24, 2.45) is 0 Å². The lowest BCUT2D eigenvalue weighted by molar-refractivity contribution is -0.132. The highest BCUT2D eigenvalue weighted by Gasteiger charge is 2.15. The molecule has 4 nitrogen and oxygen atoms in total. The average Bonchev–Trinajstić information content (AvgIpc) is 2.92. The Hall–Kier alpha value is -1.84. The van der Waals surface area contributed by atoms with Crippen LogP contribution in [-0.4, -0.2) is 33.4 Å². The van der Waals surface area contributed by atoms with Crippen molar-refractivity contribution in [3.8, 4) is 0 Å². The fraction of sp³-hybridized carbons (Fsp3) is 0.500. The number of hydrogen-bond acceptors (Lipinski definition) is 2. The quantitative estimate of drug-likeness (QED) is 0.857. The molecular weight excluding hydrogens is 250 g/mol. The van der Waals surface area contributed by atoms with Gasteiger partial charge in [-0.15, -0.1) is 0 Å². The van der Waals surface area contributed by atoms with Crippen LogP contribution in [0.2, 0.25) is 0 Å². The third-order valence-corrected chi connectivity index (χ3v) is 4.03. The molecule has 1 aliphatic rings. The number of piperidine rings is 1. The van der Waals surface area contributed by atoms with Gasteiger partial charge in [-0.1, -0.05) is 12.1 Å². The molecular formula is C16H21N3O. The van der Waals surface area contributed by atoms with Crippen LogP contribution in [0.15, 0.2) is 30.6 Å². The van der Waals surface area contributed by atoms with E-state index in [1.807, 2.05) is 29.4 Å². The first-order chi connectivity index (χ1) is 9.84. The second kappa shape index (κ2) is 6.07. The number of aromatic nitrogens is 2. The van der Waals surface area contributed by atoms with Crippen molar-refractivity contribution in [3.05, 3.63) is 30.6 Å². The SMILES string of the molecule is O=C(CCCn1cnc2ccccc21)N1CCCCC1. The number of benzene rings is 1. The van der Waals surface area contributed by atoms with Crippen LogP contribution in [0.1, 0.15) is 32.1 Å². The van der Waals surface area contributed by atoms with Crippen LogP contribution in [0.25, 0.3) is 11.0 Å². The molecule has 0 bridgehead atoms. The third kappa shape index (κ3) is 2.84. The summed E-state index contributed by atoms with van der Waals surface area (Å²) in [6.45, 7) is 2.76. The fourth-order valence-corrected chi connectivity index (χ4v) is 2.89. The molecule has 4 heteroatoms. The molecule has 2 heterocycles. The van der Waals surface area contributed by atoms with Gasteiger partial charge in [0.05, 0.1) is 17.4 Å². The van der Waals surface area contributed by atoms with Gasteiger partial charge < -0.3 is 9.47 Å². The number of fused-ring (bicyclic) bond motifs is 1. The van der Waals surface area contributed by atoms with Crippen molar-refractivity contribution in [1.29, 1.82) is 0 Å². The summed E-state index contributed by atoms with van der Waals surface area (Å²) in [4.78, 5) is 18.5. The van der Waals surface area contributed by atoms with Crippen LogP contribution in [0.4, 0.5) is 0 Å². The van der Waals surface area contributed by atoms with E-state index in [9.17, 15) is 4.79 Å². The lowest BCUT2D eigenvalue weighted by Gasteiger charge is -2.26. The highest BCUT2D eigenvalue weighted by Crippen LogP contribution is 2.14. The number of amides is 1. The van der Waals surface area contributed by atoms with E-state index in [0.717, 1.165) is 49.9 Å². The van der Waals surface area contributed by atoms with Crippen molar-refractivity contribution < 1.29 is 4.79 Å². The maximum atomic E-state index is 12.1. The molecule has 106 valence electrons. The molecule has 1 fully saturated rings. The molecule has 3 rings (SSSR count). The summed E-state index contributed by atoms with van der Waals surface area (Å²) in [6.07, 6.45) is 7.00. The minimum atomic E-state index is 0.314. The summed E-state index contributed by atoms with van der Waals surface area (Å²) in [5, 5.41) is 0. The molecule has 1 aliphatic heterocycles. The van der Waals surface area contributed by atoms with Crippen molar-refractivity contribution in [1.82, 2.24) is 14.5 Å². The Balaban J connectivity index is 1.53. The lowest BCUT2D eigenvalue weighted by atomic mass is 10.1. The lowest BCUT2D eigenvalue weighted by Crippen LogP contribution is -2.35. The van der Waals surface area contributed by atoms with Crippen LogP contribution in [0.5, 0.6) is 0 Å². The molecule has 1 saturated heterocycles. The van der Waals surface area contributed by atoms with E-state index >= 15 is 0 Å². The van der Waals surface area contributed by atoms with Crippen LogP contribution < -0.4 is 0 Å². The van der Waals surface area contributed by atoms with Crippen LogP contribution >= 0.6 is 0 Å². The average molecular weight is 271 g/mol. The summed E-state index contributed by atoms with van der Waals surface area (Å²) in [5.74, 6) is 0.314. The molecule has 0 radical (unpaired) electrons. The normalized spacial score (nSPS) is 15.7. The highest BCUT2D eigenvalue weighted by molar-refractivity contribution is 5.76. The second-order valence-corrected chi connectivity index (χ2v) is 5.47. The van der Waals surface area contributed by atoms with E-state index in [2.05, 4.69) is 15.6 Å². The van der Waals surface area contributed by atoms with E-state index < -0.39 is 0 Å². The van der Waals surface area contributed by atoms with Gasteiger partial charge in [-0.05, 0) is 37.8 Å². The number of nitrogens with zero attached hydrogens (tertiary/aromatic N) is 3. The topological polar surface area (TPSA) is 38.1 Å². The number of para-hydroxylation sites is 2. The van der Waals surface area contributed by atoms with Crippen molar-refractivity contribution in [2.75, 3.05) is 13.1 Å². The molecule has 2 aromatic rings. The molecule has 0 unspecified atom stereocenters. The minimum Gasteiger partial charge on any atom is -0.343 e. The van der Waals surface area contributed by atoms with Crippen molar-refractivity contribution in [3.63, 3.8) is 0 Å². The molecule has 0 saturated carbocycles. The number of carbonyl (C=O) groups excluding carboxylic acids is 1. The van der Waals surface area contributed by atoms with E-state index in [-0.39, 0.29) is 0 Å². The Morgan fingerprint density at radius 1 is 1.15 bits per heavy atom. The maximum Gasteiger partial charge on any atom is 0.222 e. The number of rotatable bonds is 4. The van der Waals surface area contributed by atoms with Crippen molar-refractivity contribution >= 4 is 16.9 Å². The summed E-state index contributed by atoms with van der Waals surface area (Å²) in [7, 11) is 0. The predicted octanol–water partition coefficient (Wildman–Crippen LogP) is 2.83. The van der Waals surface area contributed by atoms with Gasteiger partial charge in [0.25, 0.3) is 0 Å². The van der Waals surface area contributed by atoms with Gasteiger partial charge in [0.15, 0.2) is 0 Å². The Morgan fingerprint density at radius 3 is 2.80 bits per heavy atom. The number of carbonyl (C=O) groups is 1. The molecule has 0 atom stereocenters. The third-order valence-electron chi connectivity index (χ3n) is 4.03. The highest BCUT2D eigenvalue weighted by atomic mass is 16.2. The van der Waals surface area contributed by atoms with E-state index in [0.29, 0.717) is 12.3 Å². The van der Waals surface area contributed by atoms with Gasteiger partial charge >= 0.3 is 0 Å². The smallest absolute Gasteiger partial charge is 0.222 e. The number of aryl methyl sites for hydroxylation is 1. The van der Waals surface area contributed by atoms with Crippen LogP contribution in [-0.2, 0) is 11.3 Å². The summed E-state index contributed by atoms with van der Waals surface area (Å²) < 4.78 is 2.14. The first-order valence-electron chi connectivity index (χ1n) is 7.52. The largest absolute Gasteiger partial charge is 0.343 e. The van der Waals surface area contributed by atoms with Crippen molar-refractivity contribution in [2.45, 2.75) is 38.6 Å². The number of imidazole rings is 1. The minimum absolute atomic E-state index is 0.314. The van der Waals surface area contributed by atoms with E-state index in [1.165, 1.54) is 6.42 Å². The first-order valence-corrected chi connectivity index (χ1v) is 7.52. The van der Waals surface area contributed by atoms with Gasteiger partial charge in [-0.3, -0.25) is 4.79 Å². The molecule has 1 aromatic heterocycles. The molecule has 0 N–H and O–H groups in total. The van der Waals surface area contributed by atoms with E-state index in [1.54, 1.807) is 0 Å². The molecule has 0 spiro atoms. The Morgan fingerprint density at radius 2 is 1.95 bits per heavy atom. The van der Waals surface area contributed by atoms with Gasteiger partial charge in [0.1, 0.15) is 0 Å². The van der Waals surface area contributed by atoms with Gasteiger partial charge in [0.2, 0.25) is 5.91 Å². The zero-order chi connectivity index (χ0) is 13.8. The zero-order valence-electron chi connectivity index (χ0n) is 11.8. The molecule has 0 aliphatic carbocycles. The monoisotopic (exact) mass is 271 g/mol. The standard InChI is InChI=1S/C16H21N3O/c20-16(18-10-4-1-5-11-18)9-6-12-19-13-17-14-7-2-3-8-15(14)19/h2-3,7-8,13H,1,4-6,9-12H2. The zero-order valence-corrected chi connectivity index (χ0v) is 11.8. The van der Waals surface area contributed by atoms with Gasteiger partial charge in [-0.2, -0.15) is 0 Å². The van der Waals surface area contributed by atoms with Gasteiger partial charge in [-0.25, -0.2) is 4.98 Å². The Kier molecular flexibility index (Phi) is 4.00. The van der Waals surface area contributed by atoms with Crippen LogP contribution in [0, 0.1) is 0 Å². The summed E-state index contributed by atoms with van der Waals surface area (Å²) >= 11 is 0. The number of hydrogen-bond donors (Lipinski definition) is 0. The Bertz CT molecular complexity index is 584. The Labute approximate surface area is 119 Å².